The predicted octanol–water partition coefficient (Wildman–Crippen LogP) is 2.66. The zero-order valence-electron chi connectivity index (χ0n) is 12.0. The van der Waals surface area contributed by atoms with Gasteiger partial charge in [-0.1, -0.05) is 6.92 Å². The molecule has 0 bridgehead atoms. The molecular formula is C13H24N4O. The molecule has 0 aliphatic heterocycles. The van der Waals surface area contributed by atoms with E-state index in [1.54, 1.807) is 7.11 Å². The molecule has 0 amide bonds. The van der Waals surface area contributed by atoms with Gasteiger partial charge in [0.1, 0.15) is 18.2 Å². The van der Waals surface area contributed by atoms with Crippen LogP contribution in [-0.2, 0) is 11.3 Å². The van der Waals surface area contributed by atoms with Gasteiger partial charge in [-0.05, 0) is 27.2 Å². The summed E-state index contributed by atoms with van der Waals surface area (Å²) < 4.78 is 5.09. The van der Waals surface area contributed by atoms with Crippen LogP contribution in [0.2, 0.25) is 0 Å². The number of ether oxygens (including phenoxy) is 1. The number of hydrogen-bond acceptors (Lipinski definition) is 5. The minimum absolute atomic E-state index is 0.0271. The molecule has 0 aromatic carbocycles. The molecule has 102 valence electrons. The Balaban J connectivity index is 2.90. The van der Waals surface area contributed by atoms with Gasteiger partial charge in [0, 0.05) is 25.3 Å². The number of methoxy groups -OCH3 is 1. The molecule has 5 nitrogen and oxygen atoms in total. The lowest BCUT2D eigenvalue weighted by Gasteiger charge is -2.22. The van der Waals surface area contributed by atoms with Crippen LogP contribution < -0.4 is 10.6 Å². The first-order valence-corrected chi connectivity index (χ1v) is 6.33. The molecule has 0 unspecified atom stereocenters. The maximum absolute atomic E-state index is 5.09. The van der Waals surface area contributed by atoms with E-state index in [9.17, 15) is 0 Å². The van der Waals surface area contributed by atoms with Crippen molar-refractivity contribution in [2.75, 3.05) is 24.3 Å². The Morgan fingerprint density at radius 1 is 1.22 bits per heavy atom. The third-order valence-electron chi connectivity index (χ3n) is 2.11. The summed E-state index contributed by atoms with van der Waals surface area (Å²) in [5, 5.41) is 6.62. The highest BCUT2D eigenvalue weighted by atomic mass is 16.5. The van der Waals surface area contributed by atoms with E-state index in [0.717, 1.165) is 24.6 Å². The van der Waals surface area contributed by atoms with Gasteiger partial charge < -0.3 is 15.4 Å². The molecule has 0 saturated carbocycles. The van der Waals surface area contributed by atoms with Gasteiger partial charge in [-0.15, -0.1) is 0 Å². The average Bonchev–Trinajstić information content (AvgIpc) is 2.24. The quantitative estimate of drug-likeness (QED) is 0.815. The summed E-state index contributed by atoms with van der Waals surface area (Å²) in [5.74, 6) is 2.35. The minimum Gasteiger partial charge on any atom is -0.377 e. The first-order valence-electron chi connectivity index (χ1n) is 6.33. The standard InChI is InChI=1S/C13H24N4O/c1-6-7-14-10-8-11(17-13(2,3)4)16-12(15-10)9-18-5/h8H,6-7,9H2,1-5H3,(H2,14,15,16,17). The van der Waals surface area contributed by atoms with Crippen LogP contribution in [0.3, 0.4) is 0 Å². The van der Waals surface area contributed by atoms with E-state index in [2.05, 4.69) is 48.3 Å². The molecule has 0 spiro atoms. The van der Waals surface area contributed by atoms with Crippen LogP contribution in [0.15, 0.2) is 6.07 Å². The third-order valence-corrected chi connectivity index (χ3v) is 2.11. The first kappa shape index (κ1) is 14.7. The molecule has 2 N–H and O–H groups in total. The molecule has 0 aliphatic carbocycles. The molecule has 0 atom stereocenters. The second kappa shape index (κ2) is 6.54. The summed E-state index contributed by atoms with van der Waals surface area (Å²) in [6.45, 7) is 9.75. The van der Waals surface area contributed by atoms with E-state index >= 15 is 0 Å². The highest BCUT2D eigenvalue weighted by molar-refractivity contribution is 5.48. The first-order chi connectivity index (χ1) is 8.44. The summed E-state index contributed by atoms with van der Waals surface area (Å²) in [7, 11) is 1.65. The van der Waals surface area contributed by atoms with Crippen LogP contribution in [0.4, 0.5) is 11.6 Å². The molecule has 0 fully saturated rings. The van der Waals surface area contributed by atoms with Crippen molar-refractivity contribution in [1.29, 1.82) is 0 Å². The molecule has 18 heavy (non-hydrogen) atoms. The maximum atomic E-state index is 5.09. The number of rotatable bonds is 6. The van der Waals surface area contributed by atoms with Gasteiger partial charge in [-0.2, -0.15) is 0 Å². The average molecular weight is 252 g/mol. The second-order valence-corrected chi connectivity index (χ2v) is 5.29. The minimum atomic E-state index is -0.0271. The topological polar surface area (TPSA) is 59.1 Å². The van der Waals surface area contributed by atoms with Crippen molar-refractivity contribution >= 4 is 11.6 Å². The predicted molar refractivity (Wildman–Crippen MR) is 74.9 cm³/mol. The van der Waals surface area contributed by atoms with Gasteiger partial charge in [0.15, 0.2) is 5.82 Å². The van der Waals surface area contributed by atoms with Crippen LogP contribution in [0.5, 0.6) is 0 Å². The zero-order valence-corrected chi connectivity index (χ0v) is 12.0. The van der Waals surface area contributed by atoms with Gasteiger partial charge in [0.25, 0.3) is 0 Å². The number of nitrogens with one attached hydrogen (secondary N) is 2. The molecule has 1 aromatic rings. The molecule has 0 radical (unpaired) electrons. The molecular weight excluding hydrogens is 228 g/mol. The van der Waals surface area contributed by atoms with Crippen LogP contribution in [-0.4, -0.2) is 29.2 Å². The van der Waals surface area contributed by atoms with Crippen molar-refractivity contribution in [1.82, 2.24) is 9.97 Å². The lowest BCUT2D eigenvalue weighted by Crippen LogP contribution is -2.27. The summed E-state index contributed by atoms with van der Waals surface area (Å²) in [5.41, 5.74) is -0.0271. The van der Waals surface area contributed by atoms with Crippen molar-refractivity contribution < 1.29 is 4.74 Å². The largest absolute Gasteiger partial charge is 0.377 e. The highest BCUT2D eigenvalue weighted by Crippen LogP contribution is 2.16. The van der Waals surface area contributed by atoms with E-state index in [1.165, 1.54) is 0 Å². The smallest absolute Gasteiger partial charge is 0.158 e. The van der Waals surface area contributed by atoms with E-state index in [4.69, 9.17) is 4.74 Å². The number of aromatic nitrogens is 2. The Labute approximate surface area is 109 Å². The van der Waals surface area contributed by atoms with Gasteiger partial charge in [0.2, 0.25) is 0 Å². The van der Waals surface area contributed by atoms with E-state index in [-0.39, 0.29) is 5.54 Å². The Morgan fingerprint density at radius 3 is 2.44 bits per heavy atom. The highest BCUT2D eigenvalue weighted by Gasteiger charge is 2.12. The molecule has 1 rings (SSSR count). The van der Waals surface area contributed by atoms with Crippen LogP contribution in [0.1, 0.15) is 39.9 Å². The van der Waals surface area contributed by atoms with Crippen LogP contribution in [0, 0.1) is 0 Å². The van der Waals surface area contributed by atoms with Crippen molar-refractivity contribution in [2.45, 2.75) is 46.3 Å². The lowest BCUT2D eigenvalue weighted by molar-refractivity contribution is 0.178. The van der Waals surface area contributed by atoms with Crippen molar-refractivity contribution in [3.8, 4) is 0 Å². The fraction of sp³-hybridized carbons (Fsp3) is 0.692. The Hall–Kier alpha value is -1.36. The van der Waals surface area contributed by atoms with Crippen molar-refractivity contribution in [2.24, 2.45) is 0 Å². The van der Waals surface area contributed by atoms with E-state index in [1.807, 2.05) is 6.07 Å². The van der Waals surface area contributed by atoms with E-state index in [0.29, 0.717) is 12.4 Å². The van der Waals surface area contributed by atoms with E-state index < -0.39 is 0 Å². The molecule has 0 saturated heterocycles. The maximum Gasteiger partial charge on any atom is 0.158 e. The normalized spacial score (nSPS) is 11.4. The number of nitrogens with zero attached hydrogens (tertiary/aromatic N) is 2. The van der Waals surface area contributed by atoms with Gasteiger partial charge in [-0.25, -0.2) is 9.97 Å². The Bertz CT molecular complexity index is 374. The fourth-order valence-corrected chi connectivity index (χ4v) is 1.48. The summed E-state index contributed by atoms with van der Waals surface area (Å²) in [6.07, 6.45) is 1.06. The zero-order chi connectivity index (χ0) is 13.6. The molecule has 1 heterocycles. The van der Waals surface area contributed by atoms with Crippen LogP contribution >= 0.6 is 0 Å². The number of hydrogen-bond donors (Lipinski definition) is 2. The SMILES string of the molecule is CCCNc1cc(NC(C)(C)C)nc(COC)n1. The molecule has 0 aliphatic rings. The molecule has 1 aromatic heterocycles. The summed E-state index contributed by atoms with van der Waals surface area (Å²) >= 11 is 0. The van der Waals surface area contributed by atoms with Gasteiger partial charge in [0.05, 0.1) is 0 Å². The monoisotopic (exact) mass is 252 g/mol. The fourth-order valence-electron chi connectivity index (χ4n) is 1.48. The second-order valence-electron chi connectivity index (χ2n) is 5.29. The lowest BCUT2D eigenvalue weighted by atomic mass is 10.1. The molecule has 5 heteroatoms. The van der Waals surface area contributed by atoms with Gasteiger partial charge in [-0.3, -0.25) is 0 Å². The van der Waals surface area contributed by atoms with Crippen molar-refractivity contribution in [3.63, 3.8) is 0 Å². The Kier molecular flexibility index (Phi) is 5.34. The third kappa shape index (κ3) is 5.31. The summed E-state index contributed by atoms with van der Waals surface area (Å²) in [6, 6.07) is 1.93. The summed E-state index contributed by atoms with van der Waals surface area (Å²) in [4.78, 5) is 8.83. The Morgan fingerprint density at radius 2 is 1.89 bits per heavy atom. The number of anilines is 2. The van der Waals surface area contributed by atoms with Gasteiger partial charge >= 0.3 is 0 Å². The van der Waals surface area contributed by atoms with Crippen molar-refractivity contribution in [3.05, 3.63) is 11.9 Å². The van der Waals surface area contributed by atoms with Crippen LogP contribution in [0.25, 0.3) is 0 Å².